The standard InChI is InChI=1S/C14H24N4OS2/c1-9(2)16-13-17-11(15)10(21-13)12(19)18-6-5-14(3,4)20-8-7-18/h9H,5-8,15H2,1-4H3,(H,16,17). The summed E-state index contributed by atoms with van der Waals surface area (Å²) in [5.74, 6) is 1.32. The van der Waals surface area contributed by atoms with Crippen molar-refractivity contribution >= 4 is 40.0 Å². The van der Waals surface area contributed by atoms with Crippen molar-refractivity contribution in [2.45, 2.75) is 44.9 Å². The second-order valence-corrected chi connectivity index (χ2v) is 8.98. The van der Waals surface area contributed by atoms with Crippen LogP contribution >= 0.6 is 23.1 Å². The summed E-state index contributed by atoms with van der Waals surface area (Å²) in [5.41, 5.74) is 5.92. The number of thioether (sulfide) groups is 1. The SMILES string of the molecule is CC(C)Nc1nc(N)c(C(=O)N2CCSC(C)(C)CC2)s1. The van der Waals surface area contributed by atoms with E-state index < -0.39 is 0 Å². The number of rotatable bonds is 3. The lowest BCUT2D eigenvalue weighted by molar-refractivity contribution is 0.0770. The van der Waals surface area contributed by atoms with E-state index in [0.717, 1.165) is 30.4 Å². The van der Waals surface area contributed by atoms with E-state index >= 15 is 0 Å². The Hall–Kier alpha value is -0.950. The molecule has 1 aliphatic rings. The van der Waals surface area contributed by atoms with Gasteiger partial charge in [-0.1, -0.05) is 25.2 Å². The monoisotopic (exact) mass is 328 g/mol. The fourth-order valence-corrected chi connectivity index (χ4v) is 4.26. The lowest BCUT2D eigenvalue weighted by Crippen LogP contribution is -2.33. The molecule has 1 aliphatic heterocycles. The first-order valence-electron chi connectivity index (χ1n) is 7.24. The summed E-state index contributed by atoms with van der Waals surface area (Å²) >= 11 is 3.28. The van der Waals surface area contributed by atoms with Crippen LogP contribution in [0.1, 0.15) is 43.8 Å². The van der Waals surface area contributed by atoms with Crippen molar-refractivity contribution in [1.82, 2.24) is 9.88 Å². The highest BCUT2D eigenvalue weighted by molar-refractivity contribution is 8.00. The zero-order chi connectivity index (χ0) is 15.6. The van der Waals surface area contributed by atoms with Crippen LogP contribution < -0.4 is 11.1 Å². The molecule has 7 heteroatoms. The van der Waals surface area contributed by atoms with Crippen molar-refractivity contribution in [3.05, 3.63) is 4.88 Å². The van der Waals surface area contributed by atoms with Crippen molar-refractivity contribution in [3.63, 3.8) is 0 Å². The second-order valence-electron chi connectivity index (χ2n) is 6.18. The van der Waals surface area contributed by atoms with Crippen LogP contribution in [0.3, 0.4) is 0 Å². The normalized spacial score (nSPS) is 18.6. The predicted molar refractivity (Wildman–Crippen MR) is 92.3 cm³/mol. The highest BCUT2D eigenvalue weighted by atomic mass is 32.2. The Morgan fingerprint density at radius 1 is 1.43 bits per heavy atom. The Bertz CT molecular complexity index is 513. The minimum absolute atomic E-state index is 0.0140. The van der Waals surface area contributed by atoms with Crippen molar-refractivity contribution < 1.29 is 4.79 Å². The zero-order valence-electron chi connectivity index (χ0n) is 13.1. The summed E-state index contributed by atoms with van der Waals surface area (Å²) in [6.45, 7) is 10.1. The van der Waals surface area contributed by atoms with E-state index in [4.69, 9.17) is 5.73 Å². The van der Waals surface area contributed by atoms with E-state index in [0.29, 0.717) is 10.7 Å². The first kappa shape index (κ1) is 16.4. The molecule has 1 aromatic heterocycles. The molecular formula is C14H24N4OS2. The fourth-order valence-electron chi connectivity index (χ4n) is 2.16. The molecule has 1 saturated heterocycles. The summed E-state index contributed by atoms with van der Waals surface area (Å²) in [6.07, 6.45) is 0.999. The largest absolute Gasteiger partial charge is 0.382 e. The number of nitrogens with two attached hydrogens (primary N) is 1. The molecule has 0 aliphatic carbocycles. The summed E-state index contributed by atoms with van der Waals surface area (Å²) < 4.78 is 0.235. The topological polar surface area (TPSA) is 71.2 Å². The fraction of sp³-hybridized carbons (Fsp3) is 0.714. The van der Waals surface area contributed by atoms with Crippen LogP contribution in [0, 0.1) is 0 Å². The number of nitrogens with zero attached hydrogens (tertiary/aromatic N) is 2. The van der Waals surface area contributed by atoms with Crippen LogP contribution in [0.5, 0.6) is 0 Å². The maximum absolute atomic E-state index is 12.7. The van der Waals surface area contributed by atoms with Gasteiger partial charge in [-0.05, 0) is 20.3 Å². The van der Waals surface area contributed by atoms with Crippen LogP contribution in [-0.2, 0) is 0 Å². The molecule has 3 N–H and O–H groups in total. The number of carbonyl (C=O) groups is 1. The molecule has 118 valence electrons. The third-order valence-corrected chi connectivity index (χ3v) is 5.75. The number of thiazole rings is 1. The quantitative estimate of drug-likeness (QED) is 0.893. The molecule has 0 saturated carbocycles. The Morgan fingerprint density at radius 2 is 2.14 bits per heavy atom. The molecular weight excluding hydrogens is 304 g/mol. The zero-order valence-corrected chi connectivity index (χ0v) is 14.7. The number of amides is 1. The van der Waals surface area contributed by atoms with E-state index in [1.165, 1.54) is 11.3 Å². The first-order chi connectivity index (χ1) is 9.78. The summed E-state index contributed by atoms with van der Waals surface area (Å²) in [7, 11) is 0. The molecule has 2 heterocycles. The maximum atomic E-state index is 12.7. The number of hydrogen-bond donors (Lipinski definition) is 2. The van der Waals surface area contributed by atoms with Gasteiger partial charge in [0.25, 0.3) is 5.91 Å². The minimum Gasteiger partial charge on any atom is -0.382 e. The summed E-state index contributed by atoms with van der Waals surface area (Å²) in [6, 6.07) is 0.272. The van der Waals surface area contributed by atoms with Crippen LogP contribution in [0.2, 0.25) is 0 Å². The number of nitrogens with one attached hydrogen (secondary N) is 1. The molecule has 0 aromatic carbocycles. The average molecular weight is 329 g/mol. The van der Waals surface area contributed by atoms with Crippen molar-refractivity contribution in [1.29, 1.82) is 0 Å². The number of nitrogen functional groups attached to an aromatic ring is 1. The van der Waals surface area contributed by atoms with Gasteiger partial charge in [-0.3, -0.25) is 4.79 Å². The average Bonchev–Trinajstić information content (AvgIpc) is 2.61. The number of aromatic nitrogens is 1. The third kappa shape index (κ3) is 4.26. The maximum Gasteiger partial charge on any atom is 0.267 e. The van der Waals surface area contributed by atoms with E-state index in [-0.39, 0.29) is 16.7 Å². The molecule has 0 atom stereocenters. The van der Waals surface area contributed by atoms with E-state index in [1.54, 1.807) is 0 Å². The van der Waals surface area contributed by atoms with Gasteiger partial charge in [0.1, 0.15) is 10.7 Å². The summed E-state index contributed by atoms with van der Waals surface area (Å²) in [4.78, 5) is 19.4. The molecule has 0 unspecified atom stereocenters. The highest BCUT2D eigenvalue weighted by Gasteiger charge is 2.28. The smallest absolute Gasteiger partial charge is 0.267 e. The first-order valence-corrected chi connectivity index (χ1v) is 9.05. The van der Waals surface area contributed by atoms with E-state index in [1.807, 2.05) is 30.5 Å². The van der Waals surface area contributed by atoms with Gasteiger partial charge in [0.05, 0.1) is 0 Å². The molecule has 5 nitrogen and oxygen atoms in total. The van der Waals surface area contributed by atoms with Crippen LogP contribution in [-0.4, -0.2) is 45.4 Å². The number of anilines is 2. The van der Waals surface area contributed by atoms with Gasteiger partial charge < -0.3 is 16.0 Å². The Labute approximate surface area is 134 Å². The van der Waals surface area contributed by atoms with Gasteiger partial charge in [-0.25, -0.2) is 4.98 Å². The minimum atomic E-state index is 0.0140. The molecule has 2 rings (SSSR count). The number of carbonyl (C=O) groups excluding carboxylic acids is 1. The molecule has 1 amide bonds. The van der Waals surface area contributed by atoms with E-state index in [9.17, 15) is 4.79 Å². The van der Waals surface area contributed by atoms with Crippen molar-refractivity contribution in [3.8, 4) is 0 Å². The Morgan fingerprint density at radius 3 is 2.81 bits per heavy atom. The lowest BCUT2D eigenvalue weighted by Gasteiger charge is -2.22. The van der Waals surface area contributed by atoms with Crippen LogP contribution in [0.15, 0.2) is 0 Å². The predicted octanol–water partition coefficient (Wildman–Crippen LogP) is 2.90. The molecule has 1 aromatic rings. The van der Waals surface area contributed by atoms with Gasteiger partial charge in [-0.2, -0.15) is 11.8 Å². The Kier molecular flexibility index (Phi) is 5.03. The van der Waals surface area contributed by atoms with Crippen LogP contribution in [0.25, 0.3) is 0 Å². The van der Waals surface area contributed by atoms with E-state index in [2.05, 4.69) is 24.1 Å². The molecule has 0 radical (unpaired) electrons. The third-order valence-electron chi connectivity index (χ3n) is 3.38. The Balaban J connectivity index is 2.11. The van der Waals surface area contributed by atoms with Gasteiger partial charge in [0.2, 0.25) is 0 Å². The molecule has 1 fully saturated rings. The van der Waals surface area contributed by atoms with Crippen molar-refractivity contribution in [2.75, 3.05) is 29.9 Å². The number of hydrogen-bond acceptors (Lipinski definition) is 6. The molecule has 0 spiro atoms. The lowest BCUT2D eigenvalue weighted by atomic mass is 10.1. The van der Waals surface area contributed by atoms with Gasteiger partial charge in [0, 0.05) is 29.6 Å². The van der Waals surface area contributed by atoms with Gasteiger partial charge in [-0.15, -0.1) is 0 Å². The van der Waals surface area contributed by atoms with Gasteiger partial charge >= 0.3 is 0 Å². The molecule has 21 heavy (non-hydrogen) atoms. The summed E-state index contributed by atoms with van der Waals surface area (Å²) in [5, 5.41) is 3.92. The van der Waals surface area contributed by atoms with Gasteiger partial charge in [0.15, 0.2) is 5.13 Å². The van der Waals surface area contributed by atoms with Crippen LogP contribution in [0.4, 0.5) is 10.9 Å². The highest BCUT2D eigenvalue weighted by Crippen LogP contribution is 2.32. The van der Waals surface area contributed by atoms with Crippen molar-refractivity contribution in [2.24, 2.45) is 0 Å². The second kappa shape index (κ2) is 6.44. The molecule has 0 bridgehead atoms.